The van der Waals surface area contributed by atoms with Crippen LogP contribution < -0.4 is 5.32 Å². The normalized spacial score (nSPS) is 28.0. The van der Waals surface area contributed by atoms with Gasteiger partial charge in [-0.05, 0) is 38.8 Å². The fourth-order valence-electron chi connectivity index (χ4n) is 3.39. The van der Waals surface area contributed by atoms with Crippen LogP contribution in [0.25, 0.3) is 0 Å². The number of likely N-dealkylation sites (tertiary alicyclic amines) is 1. The summed E-state index contributed by atoms with van der Waals surface area (Å²) in [5, 5.41) is 12.1. The van der Waals surface area contributed by atoms with Crippen LogP contribution in [0.2, 0.25) is 0 Å². The summed E-state index contributed by atoms with van der Waals surface area (Å²) < 4.78 is 0. The Balaban J connectivity index is 1.73. The first-order valence-electron chi connectivity index (χ1n) is 7.91. The van der Waals surface area contributed by atoms with Crippen molar-refractivity contribution in [1.29, 1.82) is 0 Å². The van der Waals surface area contributed by atoms with E-state index in [1.54, 1.807) is 0 Å². The summed E-state index contributed by atoms with van der Waals surface area (Å²) in [4.78, 5) is 25.7. The molecule has 20 heavy (non-hydrogen) atoms. The van der Waals surface area contributed by atoms with Gasteiger partial charge in [-0.2, -0.15) is 0 Å². The van der Waals surface area contributed by atoms with E-state index in [1.807, 2.05) is 0 Å². The summed E-state index contributed by atoms with van der Waals surface area (Å²) in [6.07, 6.45) is 7.05. The molecule has 114 valence electrons. The lowest BCUT2D eigenvalue weighted by Gasteiger charge is -2.29. The average molecular weight is 282 g/mol. The number of hydrogen-bond donors (Lipinski definition) is 2. The number of rotatable bonds is 5. The zero-order chi connectivity index (χ0) is 14.4. The highest BCUT2D eigenvalue weighted by Gasteiger charge is 2.35. The second kappa shape index (κ2) is 7.62. The number of carboxylic acids is 1. The van der Waals surface area contributed by atoms with Gasteiger partial charge in [0.25, 0.3) is 0 Å². The molecule has 2 N–H and O–H groups in total. The molecule has 5 heteroatoms. The fourth-order valence-corrected chi connectivity index (χ4v) is 3.39. The van der Waals surface area contributed by atoms with Crippen LogP contribution in [-0.2, 0) is 9.59 Å². The molecule has 0 aromatic carbocycles. The van der Waals surface area contributed by atoms with Gasteiger partial charge >= 0.3 is 5.97 Å². The molecule has 0 radical (unpaired) electrons. The van der Waals surface area contributed by atoms with E-state index in [4.69, 9.17) is 0 Å². The number of carbonyl (C=O) groups excluding carboxylic acids is 1. The maximum atomic E-state index is 12.2. The molecule has 2 aliphatic rings. The summed E-state index contributed by atoms with van der Waals surface area (Å²) in [6.45, 7) is 3.77. The molecular weight excluding hydrogens is 256 g/mol. The SMILES string of the molecule is O=C(O)C1CCCCC1C(=O)NCCN1CCCCC1. The van der Waals surface area contributed by atoms with Gasteiger partial charge in [-0.15, -0.1) is 0 Å². The van der Waals surface area contributed by atoms with Crippen molar-refractivity contribution in [2.24, 2.45) is 11.8 Å². The molecule has 1 saturated carbocycles. The molecule has 1 amide bonds. The number of piperidine rings is 1. The van der Waals surface area contributed by atoms with Crippen LogP contribution >= 0.6 is 0 Å². The third kappa shape index (κ3) is 4.20. The van der Waals surface area contributed by atoms with Crippen LogP contribution in [0.4, 0.5) is 0 Å². The van der Waals surface area contributed by atoms with E-state index in [9.17, 15) is 14.7 Å². The zero-order valence-corrected chi connectivity index (χ0v) is 12.1. The molecular formula is C15H26N2O3. The van der Waals surface area contributed by atoms with Crippen molar-refractivity contribution in [2.75, 3.05) is 26.2 Å². The molecule has 1 aliphatic heterocycles. The van der Waals surface area contributed by atoms with Gasteiger partial charge in [0.2, 0.25) is 5.91 Å². The summed E-state index contributed by atoms with van der Waals surface area (Å²) in [7, 11) is 0. The number of nitrogens with zero attached hydrogens (tertiary/aromatic N) is 1. The van der Waals surface area contributed by atoms with Crippen molar-refractivity contribution < 1.29 is 14.7 Å². The van der Waals surface area contributed by atoms with E-state index in [0.717, 1.165) is 32.5 Å². The summed E-state index contributed by atoms with van der Waals surface area (Å²) in [5.41, 5.74) is 0. The van der Waals surface area contributed by atoms with Gasteiger partial charge in [0.15, 0.2) is 0 Å². The molecule has 2 atom stereocenters. The lowest BCUT2D eigenvalue weighted by atomic mass is 9.79. The molecule has 2 rings (SSSR count). The third-order valence-corrected chi connectivity index (χ3v) is 4.60. The molecule has 5 nitrogen and oxygen atoms in total. The first kappa shape index (κ1) is 15.3. The van der Waals surface area contributed by atoms with Gasteiger partial charge < -0.3 is 15.3 Å². The molecule has 1 heterocycles. The van der Waals surface area contributed by atoms with Crippen molar-refractivity contribution in [3.8, 4) is 0 Å². The van der Waals surface area contributed by atoms with E-state index in [0.29, 0.717) is 19.4 Å². The number of carboxylic acid groups (broad SMARTS) is 1. The Kier molecular flexibility index (Phi) is 5.83. The lowest BCUT2D eigenvalue weighted by molar-refractivity contribution is -0.148. The van der Waals surface area contributed by atoms with Crippen LogP contribution in [0.1, 0.15) is 44.9 Å². The minimum absolute atomic E-state index is 0.0610. The van der Waals surface area contributed by atoms with Crippen LogP contribution in [0.15, 0.2) is 0 Å². The van der Waals surface area contributed by atoms with Crippen molar-refractivity contribution in [3.05, 3.63) is 0 Å². The number of aliphatic carboxylic acids is 1. The molecule has 0 aromatic rings. The molecule has 0 aromatic heterocycles. The summed E-state index contributed by atoms with van der Waals surface area (Å²) in [5.74, 6) is -1.70. The summed E-state index contributed by atoms with van der Waals surface area (Å²) >= 11 is 0. The lowest BCUT2D eigenvalue weighted by Crippen LogP contribution is -2.43. The third-order valence-electron chi connectivity index (χ3n) is 4.60. The van der Waals surface area contributed by atoms with Crippen molar-refractivity contribution in [2.45, 2.75) is 44.9 Å². The number of hydrogen-bond acceptors (Lipinski definition) is 3. The van der Waals surface area contributed by atoms with Gasteiger partial charge in [0.05, 0.1) is 11.8 Å². The van der Waals surface area contributed by atoms with Gasteiger partial charge in [-0.1, -0.05) is 19.3 Å². The zero-order valence-electron chi connectivity index (χ0n) is 12.1. The monoisotopic (exact) mass is 282 g/mol. The topological polar surface area (TPSA) is 69.6 Å². The fraction of sp³-hybridized carbons (Fsp3) is 0.867. The Hall–Kier alpha value is -1.10. The highest BCUT2D eigenvalue weighted by molar-refractivity contribution is 5.84. The second-order valence-electron chi connectivity index (χ2n) is 6.03. The van der Waals surface area contributed by atoms with E-state index in [-0.39, 0.29) is 11.8 Å². The summed E-state index contributed by atoms with van der Waals surface area (Å²) in [6, 6.07) is 0. The Labute approximate surface area is 120 Å². The van der Waals surface area contributed by atoms with E-state index >= 15 is 0 Å². The predicted octanol–water partition coefficient (Wildman–Crippen LogP) is 1.48. The Morgan fingerprint density at radius 3 is 2.30 bits per heavy atom. The number of carbonyl (C=O) groups is 2. The molecule has 1 saturated heterocycles. The van der Waals surface area contributed by atoms with Crippen LogP contribution in [0, 0.1) is 11.8 Å². The largest absolute Gasteiger partial charge is 0.481 e. The maximum absolute atomic E-state index is 12.2. The van der Waals surface area contributed by atoms with E-state index < -0.39 is 11.9 Å². The Morgan fingerprint density at radius 1 is 1.00 bits per heavy atom. The van der Waals surface area contributed by atoms with Gasteiger partial charge in [-0.25, -0.2) is 0 Å². The standard InChI is InChI=1S/C15H26N2O3/c18-14(12-6-2-3-7-13(12)15(19)20)16-8-11-17-9-4-1-5-10-17/h12-13H,1-11H2,(H,16,18)(H,19,20). The van der Waals surface area contributed by atoms with Gasteiger partial charge in [-0.3, -0.25) is 9.59 Å². The highest BCUT2D eigenvalue weighted by Crippen LogP contribution is 2.30. The second-order valence-corrected chi connectivity index (χ2v) is 6.03. The Bertz CT molecular complexity index is 340. The van der Waals surface area contributed by atoms with Gasteiger partial charge in [0, 0.05) is 13.1 Å². The van der Waals surface area contributed by atoms with Crippen LogP contribution in [-0.4, -0.2) is 48.1 Å². The van der Waals surface area contributed by atoms with E-state index in [1.165, 1.54) is 19.3 Å². The molecule has 1 aliphatic carbocycles. The maximum Gasteiger partial charge on any atom is 0.307 e. The average Bonchev–Trinajstić information content (AvgIpc) is 2.48. The minimum atomic E-state index is -0.819. The number of amides is 1. The first-order valence-corrected chi connectivity index (χ1v) is 7.91. The predicted molar refractivity (Wildman–Crippen MR) is 76.4 cm³/mol. The van der Waals surface area contributed by atoms with E-state index in [2.05, 4.69) is 10.2 Å². The molecule has 2 unspecified atom stereocenters. The highest BCUT2D eigenvalue weighted by atomic mass is 16.4. The van der Waals surface area contributed by atoms with Crippen molar-refractivity contribution in [1.82, 2.24) is 10.2 Å². The van der Waals surface area contributed by atoms with Crippen LogP contribution in [0.3, 0.4) is 0 Å². The minimum Gasteiger partial charge on any atom is -0.481 e. The van der Waals surface area contributed by atoms with Crippen molar-refractivity contribution >= 4 is 11.9 Å². The molecule has 2 fully saturated rings. The van der Waals surface area contributed by atoms with Crippen molar-refractivity contribution in [3.63, 3.8) is 0 Å². The number of nitrogens with one attached hydrogen (secondary N) is 1. The van der Waals surface area contributed by atoms with Gasteiger partial charge in [0.1, 0.15) is 0 Å². The smallest absolute Gasteiger partial charge is 0.307 e. The quantitative estimate of drug-likeness (QED) is 0.801. The molecule has 0 spiro atoms. The Morgan fingerprint density at radius 2 is 1.65 bits per heavy atom. The van der Waals surface area contributed by atoms with Crippen LogP contribution in [0.5, 0.6) is 0 Å². The molecule has 0 bridgehead atoms. The first-order chi connectivity index (χ1) is 9.68.